The van der Waals surface area contributed by atoms with Crippen LogP contribution in [0.1, 0.15) is 50.4 Å². The molecule has 0 aliphatic rings. The molecule has 3 heteroatoms. The highest BCUT2D eigenvalue weighted by Crippen LogP contribution is 2.36. The summed E-state index contributed by atoms with van der Waals surface area (Å²) in [7, 11) is 0. The van der Waals surface area contributed by atoms with Crippen molar-refractivity contribution in [3.8, 4) is 11.3 Å². The van der Waals surface area contributed by atoms with Crippen molar-refractivity contribution in [2.45, 2.75) is 39.0 Å². The maximum atomic E-state index is 6.34. The summed E-state index contributed by atoms with van der Waals surface area (Å²) in [6.45, 7) is 8.83. The lowest BCUT2D eigenvalue weighted by Crippen LogP contribution is -2.11. The second kappa shape index (κ2) is 7.35. The highest BCUT2D eigenvalue weighted by molar-refractivity contribution is 6.08. The topological polar surface area (TPSA) is 38.9 Å². The number of rotatable bonds is 3. The number of aromatic nitrogens is 2. The van der Waals surface area contributed by atoms with Crippen LogP contribution in [0.4, 0.5) is 0 Å². The van der Waals surface area contributed by atoms with E-state index >= 15 is 0 Å². The van der Waals surface area contributed by atoms with E-state index in [1.54, 1.807) is 0 Å². The normalized spacial score (nSPS) is 13.0. The quantitative estimate of drug-likeness (QED) is 0.311. The first-order valence-corrected chi connectivity index (χ1v) is 10.8. The number of fused-ring (bicyclic) bond motifs is 3. The molecule has 0 radical (unpaired) electrons. The van der Waals surface area contributed by atoms with E-state index in [9.17, 15) is 0 Å². The van der Waals surface area contributed by atoms with Crippen molar-refractivity contribution in [3.05, 3.63) is 95.8 Å². The molecule has 3 heterocycles. The molecule has 0 N–H and O–H groups in total. The van der Waals surface area contributed by atoms with Gasteiger partial charge in [-0.1, -0.05) is 70.2 Å². The van der Waals surface area contributed by atoms with Crippen LogP contribution in [0, 0.1) is 0 Å². The lowest BCUT2D eigenvalue weighted by atomic mass is 9.87. The SMILES string of the molecule is CC(c1ccccc1)c1ccc2c(n1)oc1c(-c3cc(C(C)(C)C)ccn3)cccc12. The summed E-state index contributed by atoms with van der Waals surface area (Å²) in [5.41, 5.74) is 7.00. The fraction of sp³-hybridized carbons (Fsp3) is 0.214. The van der Waals surface area contributed by atoms with Gasteiger partial charge in [0.05, 0.1) is 11.4 Å². The van der Waals surface area contributed by atoms with Crippen LogP contribution in [0.5, 0.6) is 0 Å². The molecule has 0 saturated carbocycles. The maximum absolute atomic E-state index is 6.34. The smallest absolute Gasteiger partial charge is 0.227 e. The first kappa shape index (κ1) is 19.5. The van der Waals surface area contributed by atoms with Gasteiger partial charge in [-0.2, -0.15) is 0 Å². The number of hydrogen-bond donors (Lipinski definition) is 0. The van der Waals surface area contributed by atoms with E-state index in [1.807, 2.05) is 12.3 Å². The molecule has 2 aromatic carbocycles. The minimum atomic E-state index is 0.0590. The van der Waals surface area contributed by atoms with Gasteiger partial charge in [0.1, 0.15) is 5.58 Å². The molecular weight excluding hydrogens is 380 g/mol. The molecule has 3 nitrogen and oxygen atoms in total. The van der Waals surface area contributed by atoms with E-state index in [0.717, 1.165) is 33.3 Å². The summed E-state index contributed by atoms with van der Waals surface area (Å²) in [5.74, 6) is 0.198. The second-order valence-corrected chi connectivity index (χ2v) is 9.19. The number of benzene rings is 2. The average Bonchev–Trinajstić information content (AvgIpc) is 3.16. The first-order valence-electron chi connectivity index (χ1n) is 10.8. The molecule has 154 valence electrons. The predicted octanol–water partition coefficient (Wildman–Crippen LogP) is 7.49. The second-order valence-electron chi connectivity index (χ2n) is 9.19. The molecule has 0 spiro atoms. The largest absolute Gasteiger partial charge is 0.437 e. The standard InChI is InChI=1S/C28H26N2O/c1-18(19-9-6-5-7-10-19)24-14-13-22-21-11-8-12-23(26(21)31-27(22)30-24)25-17-20(15-16-29-25)28(2,3)4/h5-18H,1-4H3. The maximum Gasteiger partial charge on any atom is 0.227 e. The molecule has 1 unspecified atom stereocenters. The van der Waals surface area contributed by atoms with Gasteiger partial charge in [-0.15, -0.1) is 0 Å². The van der Waals surface area contributed by atoms with Gasteiger partial charge in [-0.25, -0.2) is 4.98 Å². The third kappa shape index (κ3) is 3.50. The van der Waals surface area contributed by atoms with Crippen molar-refractivity contribution in [1.82, 2.24) is 9.97 Å². The fourth-order valence-electron chi connectivity index (χ4n) is 4.09. The van der Waals surface area contributed by atoms with Crippen molar-refractivity contribution in [1.29, 1.82) is 0 Å². The minimum absolute atomic E-state index is 0.0590. The zero-order chi connectivity index (χ0) is 21.6. The van der Waals surface area contributed by atoms with Gasteiger partial charge < -0.3 is 4.42 Å². The summed E-state index contributed by atoms with van der Waals surface area (Å²) in [6, 6.07) is 25.2. The molecule has 5 rings (SSSR count). The summed E-state index contributed by atoms with van der Waals surface area (Å²) in [5, 5.41) is 2.11. The number of furan rings is 1. The zero-order valence-electron chi connectivity index (χ0n) is 18.4. The molecule has 0 aliphatic carbocycles. The van der Waals surface area contributed by atoms with Crippen molar-refractivity contribution in [2.24, 2.45) is 0 Å². The lowest BCUT2D eigenvalue weighted by molar-refractivity contribution is 0.589. The van der Waals surface area contributed by atoms with Crippen LogP contribution in [0.3, 0.4) is 0 Å². The zero-order valence-corrected chi connectivity index (χ0v) is 18.4. The summed E-state index contributed by atoms with van der Waals surface area (Å²) >= 11 is 0. The van der Waals surface area contributed by atoms with Gasteiger partial charge in [-0.05, 0) is 46.9 Å². The Labute approximate surface area is 182 Å². The summed E-state index contributed by atoms with van der Waals surface area (Å²) < 4.78 is 6.34. The van der Waals surface area contributed by atoms with Gasteiger partial charge in [0.2, 0.25) is 5.71 Å². The Hall–Kier alpha value is -3.46. The minimum Gasteiger partial charge on any atom is -0.437 e. The molecule has 0 aliphatic heterocycles. The van der Waals surface area contributed by atoms with Gasteiger partial charge in [0.25, 0.3) is 0 Å². The Morgan fingerprint density at radius 3 is 2.42 bits per heavy atom. The van der Waals surface area contributed by atoms with Crippen molar-refractivity contribution < 1.29 is 4.42 Å². The van der Waals surface area contributed by atoms with E-state index in [1.165, 1.54) is 11.1 Å². The third-order valence-electron chi connectivity index (χ3n) is 6.03. The molecular formula is C28H26N2O. The number of hydrogen-bond acceptors (Lipinski definition) is 3. The van der Waals surface area contributed by atoms with E-state index in [2.05, 4.69) is 99.4 Å². The molecule has 5 aromatic rings. The van der Waals surface area contributed by atoms with E-state index in [4.69, 9.17) is 9.40 Å². The highest BCUT2D eigenvalue weighted by Gasteiger charge is 2.19. The highest BCUT2D eigenvalue weighted by atomic mass is 16.3. The van der Waals surface area contributed by atoms with E-state index < -0.39 is 0 Å². The van der Waals surface area contributed by atoms with E-state index in [0.29, 0.717) is 5.71 Å². The Morgan fingerprint density at radius 1 is 0.839 bits per heavy atom. The van der Waals surface area contributed by atoms with Gasteiger partial charge >= 0.3 is 0 Å². The Bertz CT molecular complexity index is 1380. The van der Waals surface area contributed by atoms with Crippen molar-refractivity contribution >= 4 is 22.1 Å². The van der Waals surface area contributed by atoms with Gasteiger partial charge in [-0.3, -0.25) is 4.98 Å². The van der Waals surface area contributed by atoms with E-state index in [-0.39, 0.29) is 11.3 Å². The average molecular weight is 407 g/mol. The monoisotopic (exact) mass is 406 g/mol. The number of para-hydroxylation sites is 1. The summed E-state index contributed by atoms with van der Waals surface area (Å²) in [4.78, 5) is 9.54. The Morgan fingerprint density at radius 2 is 1.65 bits per heavy atom. The molecule has 3 aromatic heterocycles. The number of nitrogens with zero attached hydrogens (tertiary/aromatic N) is 2. The van der Waals surface area contributed by atoms with Crippen molar-refractivity contribution in [3.63, 3.8) is 0 Å². The van der Waals surface area contributed by atoms with Crippen LogP contribution >= 0.6 is 0 Å². The number of pyridine rings is 2. The predicted molar refractivity (Wildman–Crippen MR) is 127 cm³/mol. The van der Waals surface area contributed by atoms with Gasteiger partial charge in [0, 0.05) is 28.5 Å². The Balaban J connectivity index is 1.64. The fourth-order valence-corrected chi connectivity index (χ4v) is 4.09. The molecule has 0 bridgehead atoms. The van der Waals surface area contributed by atoms with Crippen LogP contribution in [0.25, 0.3) is 33.3 Å². The van der Waals surface area contributed by atoms with Crippen molar-refractivity contribution in [2.75, 3.05) is 0 Å². The first-order chi connectivity index (χ1) is 14.9. The lowest BCUT2D eigenvalue weighted by Gasteiger charge is -2.19. The van der Waals surface area contributed by atoms with Gasteiger partial charge in [0.15, 0.2) is 0 Å². The van der Waals surface area contributed by atoms with Crippen LogP contribution in [0.2, 0.25) is 0 Å². The van der Waals surface area contributed by atoms with Crippen LogP contribution in [-0.2, 0) is 5.41 Å². The molecule has 1 atom stereocenters. The van der Waals surface area contributed by atoms with Crippen LogP contribution in [-0.4, -0.2) is 9.97 Å². The molecule has 0 amide bonds. The summed E-state index contributed by atoms with van der Waals surface area (Å²) in [6.07, 6.45) is 1.88. The molecule has 31 heavy (non-hydrogen) atoms. The van der Waals surface area contributed by atoms with Crippen LogP contribution in [0.15, 0.2) is 83.4 Å². The molecule has 0 fully saturated rings. The Kier molecular flexibility index (Phi) is 4.62. The molecule has 0 saturated heterocycles. The third-order valence-corrected chi connectivity index (χ3v) is 6.03. The van der Waals surface area contributed by atoms with Crippen LogP contribution < -0.4 is 0 Å².